The molecule has 1 amide bonds. The summed E-state index contributed by atoms with van der Waals surface area (Å²) in [7, 11) is 0. The molecule has 0 saturated carbocycles. The molecule has 0 aromatic carbocycles. The van der Waals surface area contributed by atoms with Gasteiger partial charge in [-0.1, -0.05) is 0 Å². The van der Waals surface area contributed by atoms with E-state index < -0.39 is 0 Å². The molecule has 0 bridgehead atoms. The highest BCUT2D eigenvalue weighted by Crippen LogP contribution is 2.14. The maximum absolute atomic E-state index is 12.1. The van der Waals surface area contributed by atoms with E-state index in [9.17, 15) is 4.79 Å². The first-order chi connectivity index (χ1) is 9.83. The zero-order chi connectivity index (χ0) is 13.8. The van der Waals surface area contributed by atoms with Crippen molar-refractivity contribution < 1.29 is 4.79 Å². The minimum atomic E-state index is 0. The van der Waals surface area contributed by atoms with Crippen LogP contribution >= 0.6 is 24.8 Å². The van der Waals surface area contributed by atoms with E-state index in [-0.39, 0.29) is 36.6 Å². The lowest BCUT2D eigenvalue weighted by atomic mass is 9.99. The Balaban J connectivity index is 0.00000121. The monoisotopic (exact) mass is 343 g/mol. The van der Waals surface area contributed by atoms with Gasteiger partial charge in [0.05, 0.1) is 17.8 Å². The molecule has 22 heavy (non-hydrogen) atoms. The quantitative estimate of drug-likeness (QED) is 0.894. The number of nitrogens with zero attached hydrogens (tertiary/aromatic N) is 3. The third kappa shape index (κ3) is 4.43. The molecule has 2 N–H and O–H groups in total. The molecular weight excluding hydrogens is 325 g/mol. The van der Waals surface area contributed by atoms with E-state index in [0.717, 1.165) is 37.4 Å². The van der Waals surface area contributed by atoms with E-state index in [0.29, 0.717) is 0 Å². The van der Waals surface area contributed by atoms with Crippen molar-refractivity contribution in [3.05, 3.63) is 37.1 Å². The van der Waals surface area contributed by atoms with Crippen molar-refractivity contribution in [3.8, 4) is 5.82 Å². The average Bonchev–Trinajstić information content (AvgIpc) is 3.03. The molecule has 0 radical (unpaired) electrons. The summed E-state index contributed by atoms with van der Waals surface area (Å²) < 4.78 is 1.82. The second-order valence-corrected chi connectivity index (χ2v) is 4.91. The van der Waals surface area contributed by atoms with Crippen molar-refractivity contribution in [2.24, 2.45) is 5.92 Å². The van der Waals surface area contributed by atoms with Crippen molar-refractivity contribution in [1.82, 2.24) is 19.9 Å². The molecule has 1 atom stereocenters. The van der Waals surface area contributed by atoms with Crippen LogP contribution in [0.3, 0.4) is 0 Å². The Hall–Kier alpha value is -1.63. The van der Waals surface area contributed by atoms with Crippen molar-refractivity contribution in [2.75, 3.05) is 18.4 Å². The Morgan fingerprint density at radius 2 is 2.23 bits per heavy atom. The molecule has 1 saturated heterocycles. The lowest BCUT2D eigenvalue weighted by Crippen LogP contribution is -2.37. The Kier molecular flexibility index (Phi) is 7.31. The minimum Gasteiger partial charge on any atom is -0.324 e. The fourth-order valence-corrected chi connectivity index (χ4v) is 2.33. The molecule has 6 nitrogen and oxygen atoms in total. The van der Waals surface area contributed by atoms with Crippen LogP contribution in [0, 0.1) is 5.92 Å². The van der Waals surface area contributed by atoms with Crippen LogP contribution in [-0.4, -0.2) is 33.5 Å². The highest BCUT2D eigenvalue weighted by Gasteiger charge is 2.20. The summed E-state index contributed by atoms with van der Waals surface area (Å²) in [6, 6.07) is 3.72. The summed E-state index contributed by atoms with van der Waals surface area (Å²) >= 11 is 0. The van der Waals surface area contributed by atoms with Gasteiger partial charge in [-0.15, -0.1) is 24.8 Å². The molecule has 120 valence electrons. The number of pyridine rings is 1. The molecule has 2 aromatic heterocycles. The largest absolute Gasteiger partial charge is 0.324 e. The second-order valence-electron chi connectivity index (χ2n) is 4.91. The van der Waals surface area contributed by atoms with Gasteiger partial charge < -0.3 is 10.6 Å². The third-order valence-corrected chi connectivity index (χ3v) is 3.45. The van der Waals surface area contributed by atoms with Gasteiger partial charge in [0.15, 0.2) is 0 Å². The van der Waals surface area contributed by atoms with Gasteiger partial charge in [0.1, 0.15) is 12.1 Å². The van der Waals surface area contributed by atoms with Crippen LogP contribution in [0.2, 0.25) is 0 Å². The zero-order valence-electron chi connectivity index (χ0n) is 11.9. The number of carbonyl (C=O) groups excluding carboxylic acids is 1. The SMILES string of the molecule is Cl.Cl.O=C(Nc1ccc(-n2ccnc2)nc1)C1CCCNC1. The fraction of sp³-hybridized carbons (Fsp3) is 0.357. The number of anilines is 1. The molecule has 0 aliphatic carbocycles. The van der Waals surface area contributed by atoms with E-state index in [2.05, 4.69) is 20.6 Å². The summed E-state index contributed by atoms with van der Waals surface area (Å²) in [4.78, 5) is 20.4. The molecule has 1 aliphatic heterocycles. The Morgan fingerprint density at radius 3 is 2.82 bits per heavy atom. The molecular formula is C14H19Cl2N5O. The first kappa shape index (κ1) is 18.4. The van der Waals surface area contributed by atoms with Crippen molar-refractivity contribution in [3.63, 3.8) is 0 Å². The van der Waals surface area contributed by atoms with E-state index in [1.165, 1.54) is 0 Å². The number of amides is 1. The maximum Gasteiger partial charge on any atom is 0.228 e. The van der Waals surface area contributed by atoms with E-state index in [1.807, 2.05) is 22.9 Å². The predicted octanol–water partition coefficient (Wildman–Crippen LogP) is 2.05. The van der Waals surface area contributed by atoms with Gasteiger partial charge in [-0.3, -0.25) is 9.36 Å². The fourth-order valence-electron chi connectivity index (χ4n) is 2.33. The number of nitrogens with one attached hydrogen (secondary N) is 2. The maximum atomic E-state index is 12.1. The summed E-state index contributed by atoms with van der Waals surface area (Å²) in [5.74, 6) is 0.895. The van der Waals surface area contributed by atoms with Gasteiger partial charge in [0.25, 0.3) is 0 Å². The number of hydrogen-bond donors (Lipinski definition) is 2. The van der Waals surface area contributed by atoms with Gasteiger partial charge in [-0.2, -0.15) is 0 Å². The van der Waals surface area contributed by atoms with Crippen molar-refractivity contribution in [1.29, 1.82) is 0 Å². The Labute approximate surface area is 141 Å². The molecule has 2 aromatic rings. The van der Waals surface area contributed by atoms with Gasteiger partial charge >= 0.3 is 0 Å². The second kappa shape index (κ2) is 8.73. The lowest BCUT2D eigenvalue weighted by molar-refractivity contribution is -0.120. The van der Waals surface area contributed by atoms with E-state index >= 15 is 0 Å². The van der Waals surface area contributed by atoms with Crippen LogP contribution in [-0.2, 0) is 4.79 Å². The van der Waals surface area contributed by atoms with Crippen molar-refractivity contribution in [2.45, 2.75) is 12.8 Å². The summed E-state index contributed by atoms with van der Waals surface area (Å²) in [6.45, 7) is 1.76. The van der Waals surface area contributed by atoms with Gasteiger partial charge in [0, 0.05) is 18.9 Å². The summed E-state index contributed by atoms with van der Waals surface area (Å²) in [6.07, 6.45) is 8.88. The predicted molar refractivity (Wildman–Crippen MR) is 90.1 cm³/mol. The third-order valence-electron chi connectivity index (χ3n) is 3.45. The number of halogens is 2. The van der Waals surface area contributed by atoms with Crippen LogP contribution in [0.25, 0.3) is 5.82 Å². The average molecular weight is 344 g/mol. The van der Waals surface area contributed by atoms with Crippen LogP contribution in [0.15, 0.2) is 37.1 Å². The number of aromatic nitrogens is 3. The topological polar surface area (TPSA) is 71.8 Å². The highest BCUT2D eigenvalue weighted by atomic mass is 35.5. The highest BCUT2D eigenvalue weighted by molar-refractivity contribution is 5.92. The molecule has 1 fully saturated rings. The number of piperidine rings is 1. The van der Waals surface area contributed by atoms with Crippen LogP contribution in [0.5, 0.6) is 0 Å². The smallest absolute Gasteiger partial charge is 0.228 e. The molecule has 0 spiro atoms. The normalized spacial score (nSPS) is 17.0. The molecule has 1 aliphatic rings. The van der Waals surface area contributed by atoms with Crippen LogP contribution < -0.4 is 10.6 Å². The molecule has 3 heterocycles. The first-order valence-electron chi connectivity index (χ1n) is 6.79. The molecule has 8 heteroatoms. The van der Waals surface area contributed by atoms with Crippen molar-refractivity contribution >= 4 is 36.4 Å². The zero-order valence-corrected chi connectivity index (χ0v) is 13.6. The number of rotatable bonds is 3. The minimum absolute atomic E-state index is 0. The van der Waals surface area contributed by atoms with Gasteiger partial charge in [-0.05, 0) is 31.5 Å². The number of hydrogen-bond acceptors (Lipinski definition) is 4. The van der Waals surface area contributed by atoms with E-state index in [4.69, 9.17) is 0 Å². The number of imidazole rings is 1. The Bertz CT molecular complexity index is 567. The Morgan fingerprint density at radius 1 is 1.36 bits per heavy atom. The summed E-state index contributed by atoms with van der Waals surface area (Å²) in [5, 5.41) is 6.16. The lowest BCUT2D eigenvalue weighted by Gasteiger charge is -2.21. The van der Waals surface area contributed by atoms with Gasteiger partial charge in [-0.25, -0.2) is 9.97 Å². The first-order valence-corrected chi connectivity index (χ1v) is 6.79. The summed E-state index contributed by atoms with van der Waals surface area (Å²) in [5.41, 5.74) is 0.726. The van der Waals surface area contributed by atoms with E-state index in [1.54, 1.807) is 18.7 Å². The molecule has 1 unspecified atom stereocenters. The molecule has 3 rings (SSSR count). The number of carbonyl (C=O) groups is 1. The van der Waals surface area contributed by atoms with Gasteiger partial charge in [0.2, 0.25) is 5.91 Å². The van der Waals surface area contributed by atoms with Crippen LogP contribution in [0.1, 0.15) is 12.8 Å². The van der Waals surface area contributed by atoms with Crippen LogP contribution in [0.4, 0.5) is 5.69 Å². The standard InChI is InChI=1S/C14H17N5O.2ClH/c20-14(11-2-1-5-15-8-11)18-12-3-4-13(17-9-12)19-7-6-16-10-19;;/h3-4,6-7,9-11,15H,1-2,5,8H2,(H,18,20);2*1H.